The monoisotopic (exact) mass is 560 g/mol. The lowest BCUT2D eigenvalue weighted by Crippen LogP contribution is -2.38. The van der Waals surface area contributed by atoms with Crippen molar-refractivity contribution >= 4 is 38.6 Å². The van der Waals surface area contributed by atoms with Crippen molar-refractivity contribution in [3.63, 3.8) is 0 Å². The van der Waals surface area contributed by atoms with Crippen molar-refractivity contribution in [3.8, 4) is 23.0 Å². The van der Waals surface area contributed by atoms with Gasteiger partial charge in [-0.1, -0.05) is 11.3 Å². The van der Waals surface area contributed by atoms with Crippen LogP contribution in [0.3, 0.4) is 0 Å². The summed E-state index contributed by atoms with van der Waals surface area (Å²) >= 11 is 2.50. The van der Waals surface area contributed by atoms with Gasteiger partial charge in [-0.25, -0.2) is 23.3 Å². The van der Waals surface area contributed by atoms with Crippen LogP contribution in [-0.2, 0) is 17.0 Å². The fraction of sp³-hybridized carbons (Fsp3) is 0.423. The Hall–Kier alpha value is -3.09. The van der Waals surface area contributed by atoms with Crippen molar-refractivity contribution in [1.29, 1.82) is 0 Å². The first-order valence-corrected chi connectivity index (χ1v) is 13.9. The lowest BCUT2D eigenvalue weighted by atomic mass is 9.90. The number of ether oxygens (including phenoxy) is 3. The molecule has 6 rings (SSSR count). The van der Waals surface area contributed by atoms with E-state index in [0.29, 0.717) is 49.2 Å². The molecule has 0 N–H and O–H groups in total. The third kappa shape index (κ3) is 4.65. The van der Waals surface area contributed by atoms with Gasteiger partial charge < -0.3 is 18.6 Å². The second-order valence-corrected chi connectivity index (χ2v) is 11.5. The molecule has 1 aliphatic rings. The highest BCUT2D eigenvalue weighted by molar-refractivity contribution is 7.16. The first-order valence-electron chi connectivity index (χ1n) is 12.2. The third-order valence-corrected chi connectivity index (χ3v) is 8.60. The summed E-state index contributed by atoms with van der Waals surface area (Å²) in [4.78, 5) is 9.69. The molecule has 12 heteroatoms. The van der Waals surface area contributed by atoms with Crippen molar-refractivity contribution in [2.45, 2.75) is 64.3 Å². The van der Waals surface area contributed by atoms with Gasteiger partial charge in [-0.2, -0.15) is 5.10 Å². The zero-order valence-corrected chi connectivity index (χ0v) is 22.9. The summed E-state index contributed by atoms with van der Waals surface area (Å²) < 4.78 is 54.2. The molecule has 4 aromatic heterocycles. The van der Waals surface area contributed by atoms with E-state index in [-0.39, 0.29) is 31.7 Å². The molecule has 1 aromatic carbocycles. The van der Waals surface area contributed by atoms with Crippen LogP contribution in [0.4, 0.5) is 8.78 Å². The fourth-order valence-corrected chi connectivity index (χ4v) is 6.56. The molecule has 200 valence electrons. The lowest BCUT2D eigenvalue weighted by molar-refractivity contribution is -0.101. The van der Waals surface area contributed by atoms with Crippen molar-refractivity contribution < 1.29 is 27.4 Å². The molecule has 0 aliphatic carbocycles. The van der Waals surface area contributed by atoms with Crippen molar-refractivity contribution in [3.05, 3.63) is 45.5 Å². The van der Waals surface area contributed by atoms with Gasteiger partial charge in [-0.15, -0.1) is 11.3 Å². The second kappa shape index (κ2) is 9.58. The Labute approximate surface area is 225 Å². The molecule has 2 unspecified atom stereocenters. The summed E-state index contributed by atoms with van der Waals surface area (Å²) in [5, 5.41) is 7.63. The molecule has 1 saturated heterocycles. The number of fused-ring (bicyclic) bond motifs is 2. The molecule has 5 heterocycles. The van der Waals surface area contributed by atoms with Crippen LogP contribution in [0.15, 0.2) is 34.2 Å². The topological polar surface area (TPSA) is 83.9 Å². The smallest absolute Gasteiger partial charge is 0.212 e. The van der Waals surface area contributed by atoms with Crippen LogP contribution in [0.5, 0.6) is 11.5 Å². The maximum Gasteiger partial charge on any atom is 0.212 e. The standard InChI is InChI=1S/C26H26F2N4O4S2/c1-13-8-26(28,9-14(2)35-13)24-29-16(12-37-24)11-34-20-5-17(33-4)6-21-18(20)7-22(36-21)19-10-32-25(30-19)38-23(31-32)15(3)27/h5-7,10,12-15H,8-9,11H2,1-4H3/t13?,14?,15-,26?/m0/s1. The number of alkyl halides is 2. The molecule has 1 fully saturated rings. The highest BCUT2D eigenvalue weighted by Gasteiger charge is 2.42. The average molecular weight is 561 g/mol. The largest absolute Gasteiger partial charge is 0.496 e. The summed E-state index contributed by atoms with van der Waals surface area (Å²) in [6.07, 6.45) is 0.794. The van der Waals surface area contributed by atoms with E-state index in [1.807, 2.05) is 25.3 Å². The van der Waals surface area contributed by atoms with Gasteiger partial charge in [0.15, 0.2) is 22.6 Å². The molecule has 0 saturated carbocycles. The van der Waals surface area contributed by atoms with E-state index >= 15 is 4.39 Å². The Morgan fingerprint density at radius 3 is 2.71 bits per heavy atom. The summed E-state index contributed by atoms with van der Waals surface area (Å²) in [5.74, 6) is 1.62. The second-order valence-electron chi connectivity index (χ2n) is 9.62. The van der Waals surface area contributed by atoms with Crippen LogP contribution in [0.1, 0.15) is 55.5 Å². The van der Waals surface area contributed by atoms with Crippen molar-refractivity contribution in [1.82, 2.24) is 19.6 Å². The summed E-state index contributed by atoms with van der Waals surface area (Å²) in [6, 6.07) is 5.38. The molecule has 3 atom stereocenters. The molecule has 5 aromatic rings. The Morgan fingerprint density at radius 2 is 2.00 bits per heavy atom. The van der Waals surface area contributed by atoms with E-state index in [1.54, 1.807) is 30.0 Å². The molecular formula is C26H26F2N4O4S2. The minimum absolute atomic E-state index is 0.158. The molecule has 0 radical (unpaired) electrons. The molecule has 1 aliphatic heterocycles. The number of halogens is 2. The number of methoxy groups -OCH3 is 1. The normalized spacial score (nSPS) is 22.8. The van der Waals surface area contributed by atoms with E-state index in [0.717, 1.165) is 5.39 Å². The van der Waals surface area contributed by atoms with Gasteiger partial charge in [0, 0.05) is 30.4 Å². The highest BCUT2D eigenvalue weighted by Crippen LogP contribution is 2.43. The number of benzene rings is 1. The molecule has 0 bridgehead atoms. The van der Waals surface area contributed by atoms with Crippen LogP contribution < -0.4 is 9.47 Å². The van der Waals surface area contributed by atoms with Gasteiger partial charge in [-0.3, -0.25) is 0 Å². The number of rotatable bonds is 7. The van der Waals surface area contributed by atoms with Gasteiger partial charge in [-0.05, 0) is 26.8 Å². The third-order valence-electron chi connectivity index (χ3n) is 6.46. The molecular weight excluding hydrogens is 534 g/mol. The maximum atomic E-state index is 15.7. The molecule has 8 nitrogen and oxygen atoms in total. The van der Waals surface area contributed by atoms with Crippen LogP contribution in [0.2, 0.25) is 0 Å². The fourth-order valence-electron chi connectivity index (χ4n) is 4.83. The Morgan fingerprint density at radius 1 is 1.21 bits per heavy atom. The SMILES string of the molecule is COc1cc(OCc2csc(C3(F)CC(C)OC(C)C3)n2)c2cc(-c3cn4nc([C@H](C)F)sc4n3)oc2c1. The van der Waals surface area contributed by atoms with E-state index in [4.69, 9.17) is 18.6 Å². The van der Waals surface area contributed by atoms with Gasteiger partial charge in [0.25, 0.3) is 0 Å². The van der Waals surface area contributed by atoms with Crippen LogP contribution in [0, 0.1) is 0 Å². The number of furan rings is 1. The zero-order chi connectivity index (χ0) is 26.6. The van der Waals surface area contributed by atoms with E-state index in [1.165, 1.54) is 29.6 Å². The van der Waals surface area contributed by atoms with E-state index < -0.39 is 11.8 Å². The van der Waals surface area contributed by atoms with E-state index in [2.05, 4.69) is 15.1 Å². The minimum atomic E-state index is -1.50. The van der Waals surface area contributed by atoms with Crippen LogP contribution in [-0.4, -0.2) is 38.9 Å². The Bertz CT molecular complexity index is 1570. The minimum Gasteiger partial charge on any atom is -0.496 e. The first kappa shape index (κ1) is 25.2. The summed E-state index contributed by atoms with van der Waals surface area (Å²) in [7, 11) is 1.57. The number of hydrogen-bond donors (Lipinski definition) is 0. The van der Waals surface area contributed by atoms with Gasteiger partial charge in [0.1, 0.15) is 34.4 Å². The van der Waals surface area contributed by atoms with E-state index in [9.17, 15) is 4.39 Å². The van der Waals surface area contributed by atoms with Crippen LogP contribution in [0.25, 0.3) is 27.4 Å². The Kier molecular flexibility index (Phi) is 6.36. The predicted octanol–water partition coefficient (Wildman–Crippen LogP) is 7.03. The number of nitrogens with zero attached hydrogens (tertiary/aromatic N) is 4. The predicted molar refractivity (Wildman–Crippen MR) is 141 cm³/mol. The van der Waals surface area contributed by atoms with Crippen molar-refractivity contribution in [2.75, 3.05) is 7.11 Å². The molecule has 38 heavy (non-hydrogen) atoms. The average Bonchev–Trinajstić information content (AvgIpc) is 3.63. The quantitative estimate of drug-likeness (QED) is 0.211. The number of thiazole rings is 1. The van der Waals surface area contributed by atoms with Crippen molar-refractivity contribution in [2.24, 2.45) is 0 Å². The first-order chi connectivity index (χ1) is 18.2. The van der Waals surface area contributed by atoms with Crippen LogP contribution >= 0.6 is 22.7 Å². The van der Waals surface area contributed by atoms with Gasteiger partial charge in [0.2, 0.25) is 4.96 Å². The number of hydrogen-bond acceptors (Lipinski definition) is 9. The molecule has 0 amide bonds. The number of imidazole rings is 1. The summed E-state index contributed by atoms with van der Waals surface area (Å²) in [5.41, 5.74) is 0.273. The number of aromatic nitrogens is 4. The molecule has 0 spiro atoms. The highest BCUT2D eigenvalue weighted by atomic mass is 32.1. The Balaban J connectivity index is 1.26. The summed E-state index contributed by atoms with van der Waals surface area (Å²) in [6.45, 7) is 5.38. The maximum absolute atomic E-state index is 15.7. The lowest BCUT2D eigenvalue weighted by Gasteiger charge is -2.35. The zero-order valence-electron chi connectivity index (χ0n) is 21.2. The van der Waals surface area contributed by atoms with Gasteiger partial charge >= 0.3 is 0 Å². The van der Waals surface area contributed by atoms with Gasteiger partial charge in [0.05, 0.1) is 36.6 Å².